The van der Waals surface area contributed by atoms with Crippen molar-refractivity contribution in [3.05, 3.63) is 0 Å². The van der Waals surface area contributed by atoms with Gasteiger partial charge in [0.05, 0.1) is 13.2 Å². The minimum Gasteiger partial charge on any atom is -0.348 e. The van der Waals surface area contributed by atoms with Gasteiger partial charge in [0, 0.05) is 0 Å². The van der Waals surface area contributed by atoms with Crippen LogP contribution in [0.5, 0.6) is 0 Å². The largest absolute Gasteiger partial charge is 0.348 e. The summed E-state index contributed by atoms with van der Waals surface area (Å²) < 4.78 is 76.6. The first-order chi connectivity index (χ1) is 19.1. The molecule has 42 heavy (non-hydrogen) atoms. The van der Waals surface area contributed by atoms with Crippen LogP contribution in [-0.2, 0) is 56.8 Å². The lowest BCUT2D eigenvalue weighted by Gasteiger charge is -2.34. The van der Waals surface area contributed by atoms with Gasteiger partial charge in [0.25, 0.3) is 0 Å². The SMILES string of the molecule is CC1(C)OCC(C2OC(C)(C)OC2C2OC(C)(C)OC2C2OC(C)(C)OC2C2OC(C)(C)OC2C2COC(C)(C)O2)O1. The van der Waals surface area contributed by atoms with Crippen molar-refractivity contribution < 1.29 is 56.8 Å². The molecule has 0 radical (unpaired) electrons. The highest BCUT2D eigenvalue weighted by atomic mass is 16.8. The summed E-state index contributed by atoms with van der Waals surface area (Å²) in [6, 6.07) is 0. The van der Waals surface area contributed by atoms with Gasteiger partial charge in [-0.05, 0) is 83.1 Å². The van der Waals surface area contributed by atoms with Gasteiger partial charge in [-0.15, -0.1) is 0 Å². The standard InChI is InChI=1S/C30H50O12/c1-25(2)31-13-15(33-25)17-19(37-27(5,6)35-17)21-23(41-29(9,10)39-21)24-22(40-30(11,12)42-24)20-18(36-28(7,8)38-20)16-14-32-26(3,4)34-16/h15-24H,13-14H2,1-12H3. The molecule has 0 aromatic heterocycles. The van der Waals surface area contributed by atoms with Crippen LogP contribution in [0.25, 0.3) is 0 Å². The molecule has 0 N–H and O–H groups in total. The summed E-state index contributed by atoms with van der Waals surface area (Å²) in [4.78, 5) is 0. The molecule has 6 heterocycles. The Kier molecular flexibility index (Phi) is 7.51. The third-order valence-corrected chi connectivity index (χ3v) is 8.42. The summed E-state index contributed by atoms with van der Waals surface area (Å²) in [6.45, 7) is 23.4. The molecule has 0 bridgehead atoms. The molecule has 0 saturated carbocycles. The van der Waals surface area contributed by atoms with Crippen LogP contribution in [-0.4, -0.2) is 109 Å². The minimum absolute atomic E-state index is 0.354. The maximum Gasteiger partial charge on any atom is 0.164 e. The van der Waals surface area contributed by atoms with Crippen LogP contribution in [0.15, 0.2) is 0 Å². The Hall–Kier alpha value is -0.480. The number of hydrogen-bond acceptors (Lipinski definition) is 12. The van der Waals surface area contributed by atoms with E-state index in [0.717, 1.165) is 0 Å². The molecule has 0 aromatic rings. The lowest BCUT2D eigenvalue weighted by molar-refractivity contribution is -0.180. The predicted octanol–water partition coefficient (Wildman–Crippen LogP) is 3.37. The van der Waals surface area contributed by atoms with E-state index in [1.807, 2.05) is 83.1 Å². The van der Waals surface area contributed by atoms with Gasteiger partial charge in [-0.2, -0.15) is 0 Å². The Morgan fingerprint density at radius 3 is 0.714 bits per heavy atom. The molecule has 12 heteroatoms. The molecule has 6 rings (SSSR count). The van der Waals surface area contributed by atoms with Crippen LogP contribution in [0, 0.1) is 0 Å². The molecule has 0 spiro atoms. The number of rotatable bonds is 5. The van der Waals surface area contributed by atoms with E-state index < -0.39 is 83.6 Å². The normalized spacial score (nSPS) is 48.3. The Morgan fingerprint density at radius 2 is 0.500 bits per heavy atom. The summed E-state index contributed by atoms with van der Waals surface area (Å²) in [6.07, 6.45) is -5.08. The molecule has 12 nitrogen and oxygen atoms in total. The average molecular weight is 603 g/mol. The van der Waals surface area contributed by atoms with Crippen molar-refractivity contribution >= 4 is 0 Å². The number of ether oxygens (including phenoxy) is 12. The monoisotopic (exact) mass is 602 g/mol. The van der Waals surface area contributed by atoms with Gasteiger partial charge in [-0.1, -0.05) is 0 Å². The van der Waals surface area contributed by atoms with E-state index in [1.165, 1.54) is 0 Å². The molecule has 10 atom stereocenters. The molecule has 0 aromatic carbocycles. The summed E-state index contributed by atoms with van der Waals surface area (Å²) in [5, 5.41) is 0. The van der Waals surface area contributed by atoms with E-state index in [2.05, 4.69) is 0 Å². The van der Waals surface area contributed by atoms with Gasteiger partial charge in [-0.3, -0.25) is 0 Å². The molecule has 6 saturated heterocycles. The second-order valence-corrected chi connectivity index (χ2v) is 15.0. The Morgan fingerprint density at radius 1 is 0.286 bits per heavy atom. The Labute approximate surface area is 249 Å². The van der Waals surface area contributed by atoms with Gasteiger partial charge in [0.2, 0.25) is 0 Å². The summed E-state index contributed by atoms with van der Waals surface area (Å²) in [5.74, 6) is -5.06. The summed E-state index contributed by atoms with van der Waals surface area (Å²) in [5.41, 5.74) is 0. The van der Waals surface area contributed by atoms with Crippen LogP contribution < -0.4 is 0 Å². The topological polar surface area (TPSA) is 111 Å². The molecule has 0 aliphatic carbocycles. The molecular weight excluding hydrogens is 552 g/mol. The minimum atomic E-state index is -0.930. The van der Waals surface area contributed by atoms with E-state index in [9.17, 15) is 0 Å². The van der Waals surface area contributed by atoms with Crippen LogP contribution in [0.4, 0.5) is 0 Å². The zero-order valence-electron chi connectivity index (χ0n) is 27.1. The van der Waals surface area contributed by atoms with E-state index in [-0.39, 0.29) is 12.2 Å². The van der Waals surface area contributed by atoms with Gasteiger partial charge in [0.15, 0.2) is 34.7 Å². The molecule has 6 aliphatic rings. The molecule has 242 valence electrons. The highest BCUT2D eigenvalue weighted by molar-refractivity contribution is 5.07. The van der Waals surface area contributed by atoms with Gasteiger partial charge in [-0.25, -0.2) is 0 Å². The molecule has 6 aliphatic heterocycles. The van der Waals surface area contributed by atoms with Crippen LogP contribution in [0.2, 0.25) is 0 Å². The smallest absolute Gasteiger partial charge is 0.164 e. The van der Waals surface area contributed by atoms with E-state index >= 15 is 0 Å². The van der Waals surface area contributed by atoms with E-state index in [0.29, 0.717) is 13.2 Å². The van der Waals surface area contributed by atoms with Crippen molar-refractivity contribution in [1.29, 1.82) is 0 Å². The van der Waals surface area contributed by atoms with Crippen molar-refractivity contribution in [2.75, 3.05) is 13.2 Å². The fourth-order valence-corrected chi connectivity index (χ4v) is 7.12. The second kappa shape index (κ2) is 10.0. The summed E-state index contributed by atoms with van der Waals surface area (Å²) in [7, 11) is 0. The van der Waals surface area contributed by atoms with Crippen molar-refractivity contribution in [2.45, 2.75) is 179 Å². The van der Waals surface area contributed by atoms with Crippen molar-refractivity contribution in [2.24, 2.45) is 0 Å². The van der Waals surface area contributed by atoms with Gasteiger partial charge < -0.3 is 56.8 Å². The molecule has 10 unspecified atom stereocenters. The quantitative estimate of drug-likeness (QED) is 0.460. The highest BCUT2D eigenvalue weighted by Crippen LogP contribution is 2.48. The van der Waals surface area contributed by atoms with Crippen LogP contribution in [0.3, 0.4) is 0 Å². The fraction of sp³-hybridized carbons (Fsp3) is 1.00. The molecule has 0 amide bonds. The summed E-state index contributed by atoms with van der Waals surface area (Å²) >= 11 is 0. The van der Waals surface area contributed by atoms with Crippen LogP contribution >= 0.6 is 0 Å². The van der Waals surface area contributed by atoms with Crippen molar-refractivity contribution in [3.63, 3.8) is 0 Å². The zero-order valence-corrected chi connectivity index (χ0v) is 27.1. The van der Waals surface area contributed by atoms with E-state index in [1.54, 1.807) is 0 Å². The van der Waals surface area contributed by atoms with Crippen LogP contribution in [0.1, 0.15) is 83.1 Å². The molecular formula is C30H50O12. The third-order valence-electron chi connectivity index (χ3n) is 8.42. The average Bonchev–Trinajstić information content (AvgIpc) is 3.63. The Bertz CT molecular complexity index is 944. The highest BCUT2D eigenvalue weighted by Gasteiger charge is 2.65. The lowest BCUT2D eigenvalue weighted by atomic mass is 9.91. The fourth-order valence-electron chi connectivity index (χ4n) is 7.12. The van der Waals surface area contributed by atoms with E-state index in [4.69, 9.17) is 56.8 Å². The second-order valence-electron chi connectivity index (χ2n) is 15.0. The number of hydrogen-bond donors (Lipinski definition) is 0. The van der Waals surface area contributed by atoms with Gasteiger partial charge >= 0.3 is 0 Å². The first-order valence-corrected chi connectivity index (χ1v) is 15.2. The third kappa shape index (κ3) is 6.17. The van der Waals surface area contributed by atoms with Crippen molar-refractivity contribution in [1.82, 2.24) is 0 Å². The maximum absolute atomic E-state index is 6.62. The Balaban J connectivity index is 1.31. The first-order valence-electron chi connectivity index (χ1n) is 15.2. The maximum atomic E-state index is 6.62. The zero-order chi connectivity index (χ0) is 30.7. The predicted molar refractivity (Wildman–Crippen MR) is 145 cm³/mol. The lowest BCUT2D eigenvalue weighted by Crippen LogP contribution is -2.55. The molecule has 6 fully saturated rings. The van der Waals surface area contributed by atoms with Crippen molar-refractivity contribution in [3.8, 4) is 0 Å². The first kappa shape index (κ1) is 31.5. The van der Waals surface area contributed by atoms with Gasteiger partial charge in [0.1, 0.15) is 61.0 Å².